The summed E-state index contributed by atoms with van der Waals surface area (Å²) in [6.07, 6.45) is 3.57. The number of amides is 1. The quantitative estimate of drug-likeness (QED) is 0.319. The molecule has 1 N–H and O–H groups in total. The number of carbonyl (C=O) groups excluding carboxylic acids is 1. The van der Waals surface area contributed by atoms with E-state index in [4.69, 9.17) is 0 Å². The number of nitrogens with zero attached hydrogens (tertiary/aromatic N) is 2. The van der Waals surface area contributed by atoms with E-state index in [1.54, 1.807) is 0 Å². The summed E-state index contributed by atoms with van der Waals surface area (Å²) in [5, 5.41) is 3.12. The van der Waals surface area contributed by atoms with Gasteiger partial charge in [-0.3, -0.25) is 4.79 Å². The van der Waals surface area contributed by atoms with Crippen molar-refractivity contribution in [1.82, 2.24) is 14.8 Å². The highest BCUT2D eigenvalue weighted by molar-refractivity contribution is 5.65. The Morgan fingerprint density at radius 3 is 2.45 bits per heavy atom. The van der Waals surface area contributed by atoms with Gasteiger partial charge in [0.05, 0.1) is 6.04 Å². The molecule has 1 heterocycles. The lowest BCUT2D eigenvalue weighted by Crippen LogP contribution is -2.38. The third kappa shape index (κ3) is 6.08. The summed E-state index contributed by atoms with van der Waals surface area (Å²) in [5.74, 6) is -0.967. The lowest BCUT2D eigenvalue weighted by molar-refractivity contribution is -0.123. The maximum atomic E-state index is 14.6. The van der Waals surface area contributed by atoms with Gasteiger partial charge in [0.2, 0.25) is 6.41 Å². The minimum Gasteiger partial charge on any atom is -0.344 e. The van der Waals surface area contributed by atoms with E-state index in [2.05, 4.69) is 30.7 Å². The summed E-state index contributed by atoms with van der Waals surface area (Å²) in [5.41, 5.74) is 2.49. The molecule has 1 atom stereocenters. The van der Waals surface area contributed by atoms with Crippen LogP contribution < -0.4 is 5.32 Å². The molecule has 33 heavy (non-hydrogen) atoms. The van der Waals surface area contributed by atoms with Crippen molar-refractivity contribution < 1.29 is 13.6 Å². The van der Waals surface area contributed by atoms with Crippen molar-refractivity contribution in [2.75, 3.05) is 20.1 Å². The molecule has 0 spiro atoms. The Balaban J connectivity index is 2.13. The van der Waals surface area contributed by atoms with E-state index in [0.29, 0.717) is 18.7 Å². The van der Waals surface area contributed by atoms with Gasteiger partial charge in [-0.05, 0) is 55.3 Å². The summed E-state index contributed by atoms with van der Waals surface area (Å²) in [4.78, 5) is 14.0. The van der Waals surface area contributed by atoms with Crippen molar-refractivity contribution in [3.05, 3.63) is 83.7 Å². The van der Waals surface area contributed by atoms with Crippen LogP contribution in [-0.4, -0.2) is 36.0 Å². The van der Waals surface area contributed by atoms with Crippen molar-refractivity contribution in [2.24, 2.45) is 5.41 Å². The zero-order valence-corrected chi connectivity index (χ0v) is 19.8. The molecule has 176 valence electrons. The summed E-state index contributed by atoms with van der Waals surface area (Å²) < 4.78 is 30.7. The fourth-order valence-corrected chi connectivity index (χ4v) is 4.33. The Bertz CT molecular complexity index is 1060. The molecular formula is C27H33F2N3O. The second-order valence-electron chi connectivity index (χ2n) is 9.46. The highest BCUT2D eigenvalue weighted by Crippen LogP contribution is 2.40. The molecule has 2 aromatic carbocycles. The molecule has 3 aromatic rings. The molecule has 0 saturated carbocycles. The zero-order chi connectivity index (χ0) is 24.0. The first kappa shape index (κ1) is 24.6. The lowest BCUT2D eigenvalue weighted by Gasteiger charge is -2.39. The molecule has 0 bridgehead atoms. The van der Waals surface area contributed by atoms with Gasteiger partial charge in [-0.25, -0.2) is 8.78 Å². The van der Waals surface area contributed by atoms with Gasteiger partial charge in [-0.1, -0.05) is 51.1 Å². The first-order chi connectivity index (χ1) is 15.7. The first-order valence-corrected chi connectivity index (χ1v) is 11.3. The molecule has 0 aliphatic rings. The van der Waals surface area contributed by atoms with E-state index in [0.717, 1.165) is 42.8 Å². The van der Waals surface area contributed by atoms with Gasteiger partial charge in [0, 0.05) is 36.1 Å². The van der Waals surface area contributed by atoms with Gasteiger partial charge in [-0.2, -0.15) is 0 Å². The molecule has 0 radical (unpaired) electrons. The Morgan fingerprint density at radius 2 is 1.82 bits per heavy atom. The van der Waals surface area contributed by atoms with E-state index in [1.165, 1.54) is 6.07 Å². The Labute approximate surface area is 195 Å². The van der Waals surface area contributed by atoms with Crippen molar-refractivity contribution in [1.29, 1.82) is 0 Å². The molecule has 0 aliphatic heterocycles. The maximum absolute atomic E-state index is 14.6. The monoisotopic (exact) mass is 453 g/mol. The fraction of sp³-hybridized carbons (Fsp3) is 0.370. The standard InChI is InChI=1S/C27H33F2N3O/c1-27(2,3)26(31(19-33)14-8-13-30-4)25-15-21(23-16-22(28)11-12-24(23)29)18-32(25)17-20-9-6-5-7-10-20/h5-7,9-12,15-16,18-19,26,30H,8,13-14,17H2,1-4H3. The Morgan fingerprint density at radius 1 is 1.09 bits per heavy atom. The minimum absolute atomic E-state index is 0.212. The number of rotatable bonds is 10. The predicted octanol–water partition coefficient (Wildman–Crippen LogP) is 5.64. The Hall–Kier alpha value is -2.99. The van der Waals surface area contributed by atoms with Crippen molar-refractivity contribution >= 4 is 6.41 Å². The van der Waals surface area contributed by atoms with Gasteiger partial charge in [0.15, 0.2) is 0 Å². The summed E-state index contributed by atoms with van der Waals surface area (Å²) in [7, 11) is 1.89. The predicted molar refractivity (Wildman–Crippen MR) is 129 cm³/mol. The SMILES string of the molecule is CNCCCN(C=O)C(c1cc(-c2cc(F)ccc2F)cn1Cc1ccccc1)C(C)(C)C. The number of hydrogen-bond acceptors (Lipinski definition) is 2. The molecule has 0 aliphatic carbocycles. The molecule has 6 heteroatoms. The third-order valence-electron chi connectivity index (χ3n) is 5.78. The van der Waals surface area contributed by atoms with Crippen molar-refractivity contribution in [2.45, 2.75) is 39.8 Å². The molecule has 0 fully saturated rings. The number of hydrogen-bond donors (Lipinski definition) is 1. The van der Waals surface area contributed by atoms with Crippen molar-refractivity contribution in [3.8, 4) is 11.1 Å². The number of carbonyl (C=O) groups is 1. The van der Waals surface area contributed by atoms with Gasteiger partial charge in [-0.15, -0.1) is 0 Å². The molecular weight excluding hydrogens is 420 g/mol. The molecule has 4 nitrogen and oxygen atoms in total. The normalized spacial score (nSPS) is 12.5. The van der Waals surface area contributed by atoms with Crippen LogP contribution in [0.2, 0.25) is 0 Å². The third-order valence-corrected chi connectivity index (χ3v) is 5.78. The van der Waals surface area contributed by atoms with E-state index in [9.17, 15) is 13.6 Å². The maximum Gasteiger partial charge on any atom is 0.210 e. The lowest BCUT2D eigenvalue weighted by atomic mass is 9.83. The van der Waals surface area contributed by atoms with Crippen LogP contribution in [0.1, 0.15) is 44.5 Å². The highest BCUT2D eigenvalue weighted by atomic mass is 19.1. The minimum atomic E-state index is -0.488. The van der Waals surface area contributed by atoms with Crippen LogP contribution >= 0.6 is 0 Å². The molecule has 1 aromatic heterocycles. The van der Waals surface area contributed by atoms with E-state index in [-0.39, 0.29) is 17.0 Å². The van der Waals surface area contributed by atoms with E-state index in [1.807, 2.05) is 54.5 Å². The zero-order valence-electron chi connectivity index (χ0n) is 19.8. The van der Waals surface area contributed by atoms with Gasteiger partial charge in [0.1, 0.15) is 11.6 Å². The number of nitrogens with one attached hydrogen (secondary N) is 1. The summed E-state index contributed by atoms with van der Waals surface area (Å²) in [6, 6.07) is 15.1. The van der Waals surface area contributed by atoms with Crippen LogP contribution in [0.25, 0.3) is 11.1 Å². The van der Waals surface area contributed by atoms with Gasteiger partial charge >= 0.3 is 0 Å². The molecule has 1 unspecified atom stereocenters. The molecule has 3 rings (SSSR count). The smallest absolute Gasteiger partial charge is 0.210 e. The van der Waals surface area contributed by atoms with Crippen LogP contribution in [0.3, 0.4) is 0 Å². The first-order valence-electron chi connectivity index (χ1n) is 11.3. The topological polar surface area (TPSA) is 37.3 Å². The van der Waals surface area contributed by atoms with Crippen LogP contribution in [0.15, 0.2) is 60.8 Å². The fourth-order valence-electron chi connectivity index (χ4n) is 4.33. The van der Waals surface area contributed by atoms with Gasteiger partial charge < -0.3 is 14.8 Å². The van der Waals surface area contributed by atoms with Gasteiger partial charge in [0.25, 0.3) is 0 Å². The van der Waals surface area contributed by atoms with Crippen molar-refractivity contribution in [3.63, 3.8) is 0 Å². The molecule has 0 saturated heterocycles. The number of benzene rings is 2. The summed E-state index contributed by atoms with van der Waals surface area (Å²) in [6.45, 7) is 8.22. The largest absolute Gasteiger partial charge is 0.344 e. The molecule has 1 amide bonds. The second-order valence-corrected chi connectivity index (χ2v) is 9.46. The second kappa shape index (κ2) is 10.8. The number of aromatic nitrogens is 1. The van der Waals surface area contributed by atoms with Crippen LogP contribution in [0, 0.1) is 17.0 Å². The van der Waals surface area contributed by atoms with Crippen LogP contribution in [0.4, 0.5) is 8.78 Å². The summed E-state index contributed by atoms with van der Waals surface area (Å²) >= 11 is 0. The van der Waals surface area contributed by atoms with Crippen LogP contribution in [-0.2, 0) is 11.3 Å². The number of halogens is 2. The van der Waals surface area contributed by atoms with Crippen LogP contribution in [0.5, 0.6) is 0 Å². The average molecular weight is 454 g/mol. The van der Waals surface area contributed by atoms with E-state index < -0.39 is 11.6 Å². The Kier molecular flexibility index (Phi) is 8.03. The average Bonchev–Trinajstić information content (AvgIpc) is 3.17. The van der Waals surface area contributed by atoms with E-state index >= 15 is 0 Å². The highest BCUT2D eigenvalue weighted by Gasteiger charge is 2.34.